The molecule has 1 fully saturated rings. The molecule has 1 aromatic rings. The highest BCUT2D eigenvalue weighted by Crippen LogP contribution is 2.34. The molecule has 27 heavy (non-hydrogen) atoms. The number of aliphatic imine (C=N–C) groups is 1. The highest BCUT2D eigenvalue weighted by atomic mass is 16.5. The molecular weight excluding hydrogens is 340 g/mol. The minimum Gasteiger partial charge on any atom is -0.377 e. The van der Waals surface area contributed by atoms with Gasteiger partial charge in [-0.15, -0.1) is 0 Å². The summed E-state index contributed by atoms with van der Waals surface area (Å²) in [7, 11) is 0. The first-order valence-corrected chi connectivity index (χ1v) is 10.5. The SMILES string of the molecule is CCNC(=NCC1CCCOC1C(C)(C)C)NC1CCCn2nc(C)nc21. The molecule has 0 radical (unpaired) electrons. The maximum atomic E-state index is 6.11. The molecule has 2 N–H and O–H groups in total. The van der Waals surface area contributed by atoms with Crippen LogP contribution in [0.15, 0.2) is 4.99 Å². The second kappa shape index (κ2) is 8.59. The number of nitrogens with one attached hydrogen (secondary N) is 2. The highest BCUT2D eigenvalue weighted by molar-refractivity contribution is 5.80. The molecule has 0 saturated carbocycles. The Kier molecular flexibility index (Phi) is 6.40. The Labute approximate surface area is 163 Å². The first-order valence-electron chi connectivity index (χ1n) is 10.5. The van der Waals surface area contributed by atoms with Gasteiger partial charge in [-0.2, -0.15) is 5.10 Å². The summed E-state index contributed by atoms with van der Waals surface area (Å²) in [6.07, 6.45) is 4.73. The largest absolute Gasteiger partial charge is 0.377 e. The van der Waals surface area contributed by atoms with Crippen LogP contribution in [0.2, 0.25) is 0 Å². The lowest BCUT2D eigenvalue weighted by Gasteiger charge is -2.39. The van der Waals surface area contributed by atoms with E-state index < -0.39 is 0 Å². The van der Waals surface area contributed by atoms with Crippen LogP contribution in [0.3, 0.4) is 0 Å². The number of ether oxygens (including phenoxy) is 1. The fourth-order valence-corrected chi connectivity index (χ4v) is 4.29. The molecule has 3 rings (SSSR count). The Balaban J connectivity index is 1.70. The van der Waals surface area contributed by atoms with E-state index in [1.807, 2.05) is 11.6 Å². The summed E-state index contributed by atoms with van der Waals surface area (Å²) in [6, 6.07) is 0.166. The molecule has 1 saturated heterocycles. The van der Waals surface area contributed by atoms with E-state index in [1.165, 1.54) is 6.42 Å². The van der Waals surface area contributed by atoms with E-state index in [9.17, 15) is 0 Å². The van der Waals surface area contributed by atoms with Crippen molar-refractivity contribution in [1.29, 1.82) is 0 Å². The fourth-order valence-electron chi connectivity index (χ4n) is 4.29. The molecular formula is C20H36N6O. The van der Waals surface area contributed by atoms with Crippen molar-refractivity contribution in [2.24, 2.45) is 16.3 Å². The van der Waals surface area contributed by atoms with Gasteiger partial charge < -0.3 is 15.4 Å². The minimum atomic E-state index is 0.143. The van der Waals surface area contributed by atoms with Crippen molar-refractivity contribution in [1.82, 2.24) is 25.4 Å². The van der Waals surface area contributed by atoms with Crippen molar-refractivity contribution in [3.05, 3.63) is 11.6 Å². The molecule has 7 nitrogen and oxygen atoms in total. The maximum Gasteiger partial charge on any atom is 0.191 e. The van der Waals surface area contributed by atoms with Crippen LogP contribution < -0.4 is 10.6 Å². The summed E-state index contributed by atoms with van der Waals surface area (Å²) in [5.74, 6) is 3.20. The second-order valence-electron chi connectivity index (χ2n) is 8.86. The van der Waals surface area contributed by atoms with Crippen LogP contribution in [-0.4, -0.2) is 46.5 Å². The number of aryl methyl sites for hydroxylation is 2. The average molecular weight is 377 g/mol. The predicted molar refractivity (Wildman–Crippen MR) is 108 cm³/mol. The van der Waals surface area contributed by atoms with Gasteiger partial charge in [0, 0.05) is 32.2 Å². The van der Waals surface area contributed by atoms with E-state index in [4.69, 9.17) is 9.73 Å². The first-order chi connectivity index (χ1) is 12.9. The van der Waals surface area contributed by atoms with Crippen molar-refractivity contribution in [3.63, 3.8) is 0 Å². The number of nitrogens with zero attached hydrogens (tertiary/aromatic N) is 4. The molecule has 0 amide bonds. The molecule has 3 unspecified atom stereocenters. The van der Waals surface area contributed by atoms with E-state index in [2.05, 4.69) is 48.4 Å². The summed E-state index contributed by atoms with van der Waals surface area (Å²) in [5.41, 5.74) is 0.143. The zero-order chi connectivity index (χ0) is 19.4. The monoisotopic (exact) mass is 376 g/mol. The summed E-state index contributed by atoms with van der Waals surface area (Å²) in [4.78, 5) is 9.56. The van der Waals surface area contributed by atoms with Crippen LogP contribution in [0.1, 0.15) is 71.1 Å². The smallest absolute Gasteiger partial charge is 0.191 e. The lowest BCUT2D eigenvalue weighted by Crippen LogP contribution is -2.44. The van der Waals surface area contributed by atoms with E-state index in [0.717, 1.165) is 63.1 Å². The van der Waals surface area contributed by atoms with Gasteiger partial charge in [0.15, 0.2) is 5.96 Å². The molecule has 1 aromatic heterocycles. The van der Waals surface area contributed by atoms with Crippen molar-refractivity contribution < 1.29 is 4.74 Å². The normalized spacial score (nSPS) is 26.6. The molecule has 0 spiro atoms. The number of rotatable bonds is 4. The van der Waals surface area contributed by atoms with E-state index >= 15 is 0 Å². The number of aromatic nitrogens is 3. The van der Waals surface area contributed by atoms with Gasteiger partial charge in [0.2, 0.25) is 0 Å². The van der Waals surface area contributed by atoms with Gasteiger partial charge in [-0.3, -0.25) is 4.99 Å². The van der Waals surface area contributed by atoms with Crippen molar-refractivity contribution in [2.75, 3.05) is 19.7 Å². The van der Waals surface area contributed by atoms with Crippen LogP contribution in [0.5, 0.6) is 0 Å². The second-order valence-corrected chi connectivity index (χ2v) is 8.86. The van der Waals surface area contributed by atoms with Crippen molar-refractivity contribution in [2.45, 2.75) is 79.0 Å². The summed E-state index contributed by atoms with van der Waals surface area (Å²) in [6.45, 7) is 14.3. The maximum absolute atomic E-state index is 6.11. The van der Waals surface area contributed by atoms with Gasteiger partial charge in [0.05, 0.1) is 12.1 Å². The Morgan fingerprint density at radius 2 is 2.11 bits per heavy atom. The molecule has 2 aliphatic heterocycles. The van der Waals surface area contributed by atoms with Crippen LogP contribution in [0, 0.1) is 18.3 Å². The Bertz CT molecular complexity index is 647. The molecule has 152 valence electrons. The minimum absolute atomic E-state index is 0.143. The average Bonchev–Trinajstić information content (AvgIpc) is 3.00. The Morgan fingerprint density at radius 3 is 2.85 bits per heavy atom. The Hall–Kier alpha value is -1.63. The molecule has 0 aliphatic carbocycles. The van der Waals surface area contributed by atoms with Crippen LogP contribution in [0.25, 0.3) is 0 Å². The van der Waals surface area contributed by atoms with Gasteiger partial charge in [-0.1, -0.05) is 20.8 Å². The molecule has 7 heteroatoms. The predicted octanol–water partition coefficient (Wildman–Crippen LogP) is 2.82. The number of hydrogen-bond donors (Lipinski definition) is 2. The van der Waals surface area contributed by atoms with Crippen molar-refractivity contribution >= 4 is 5.96 Å². The van der Waals surface area contributed by atoms with Crippen LogP contribution >= 0.6 is 0 Å². The van der Waals surface area contributed by atoms with Gasteiger partial charge in [0.25, 0.3) is 0 Å². The topological polar surface area (TPSA) is 76.4 Å². The van der Waals surface area contributed by atoms with Gasteiger partial charge in [-0.05, 0) is 44.9 Å². The number of hydrogen-bond acceptors (Lipinski definition) is 4. The van der Waals surface area contributed by atoms with Gasteiger partial charge in [0.1, 0.15) is 11.6 Å². The molecule has 2 aliphatic rings. The summed E-state index contributed by atoms with van der Waals surface area (Å²) in [5, 5.41) is 11.5. The lowest BCUT2D eigenvalue weighted by atomic mass is 9.78. The third-order valence-electron chi connectivity index (χ3n) is 5.42. The van der Waals surface area contributed by atoms with E-state index in [0.29, 0.717) is 5.92 Å². The number of fused-ring (bicyclic) bond motifs is 1. The van der Waals surface area contributed by atoms with Crippen LogP contribution in [-0.2, 0) is 11.3 Å². The molecule has 3 heterocycles. The van der Waals surface area contributed by atoms with E-state index in [1.54, 1.807) is 0 Å². The van der Waals surface area contributed by atoms with Crippen molar-refractivity contribution in [3.8, 4) is 0 Å². The fraction of sp³-hybridized carbons (Fsp3) is 0.850. The molecule has 0 bridgehead atoms. The highest BCUT2D eigenvalue weighted by Gasteiger charge is 2.35. The van der Waals surface area contributed by atoms with Gasteiger partial charge in [-0.25, -0.2) is 9.67 Å². The zero-order valence-electron chi connectivity index (χ0n) is 17.6. The quantitative estimate of drug-likeness (QED) is 0.624. The van der Waals surface area contributed by atoms with E-state index in [-0.39, 0.29) is 17.6 Å². The third kappa shape index (κ3) is 5.00. The third-order valence-corrected chi connectivity index (χ3v) is 5.42. The molecule has 3 atom stereocenters. The zero-order valence-corrected chi connectivity index (χ0v) is 17.6. The number of guanidine groups is 1. The van der Waals surface area contributed by atoms with Crippen LogP contribution in [0.4, 0.5) is 0 Å². The Morgan fingerprint density at radius 1 is 1.30 bits per heavy atom. The summed E-state index contributed by atoms with van der Waals surface area (Å²) >= 11 is 0. The first kappa shape index (κ1) is 20.1. The molecule has 0 aromatic carbocycles. The standard InChI is InChI=1S/C20H36N6O/c1-6-21-19(22-13-15-9-8-12-27-17(15)20(3,4)5)24-16-10-7-11-26-18(16)23-14(2)25-26/h15-17H,6-13H2,1-5H3,(H2,21,22,24). The summed E-state index contributed by atoms with van der Waals surface area (Å²) < 4.78 is 8.15. The van der Waals surface area contributed by atoms with Gasteiger partial charge >= 0.3 is 0 Å². The lowest BCUT2D eigenvalue weighted by molar-refractivity contribution is -0.0823.